The molecule has 0 unspecified atom stereocenters. The first-order chi connectivity index (χ1) is 15.2. The molecular weight excluding hydrogens is 409 g/mol. The van der Waals surface area contributed by atoms with E-state index < -0.39 is 18.8 Å². The fraction of sp³-hybridized carbons (Fsp3) is 0.542. The molecule has 1 aromatic carbocycles. The van der Waals surface area contributed by atoms with Gasteiger partial charge in [0.15, 0.2) is 11.5 Å². The minimum atomic E-state index is -1.08. The number of hydrogen-bond donors (Lipinski definition) is 3. The predicted octanol–water partition coefficient (Wildman–Crippen LogP) is 3.67. The van der Waals surface area contributed by atoms with Crippen molar-refractivity contribution < 1.29 is 29.4 Å². The second-order valence-electron chi connectivity index (χ2n) is 8.72. The highest BCUT2D eigenvalue weighted by Gasteiger charge is 2.30. The molecule has 0 bridgehead atoms. The fourth-order valence-corrected chi connectivity index (χ4v) is 3.76. The van der Waals surface area contributed by atoms with Crippen molar-refractivity contribution in [2.75, 3.05) is 20.3 Å². The molecule has 0 saturated carbocycles. The Morgan fingerprint density at radius 1 is 1.12 bits per heavy atom. The number of hydrogen-bond acceptors (Lipinski definition) is 7. The molecule has 2 rings (SSSR count). The average molecular weight is 445 g/mol. The molecular formula is C24H36BNO6. The molecule has 0 amide bonds. The number of aliphatic hydroxyl groups excluding tert-OH is 2. The number of nitrogens with zero attached hydrogens (tertiary/aromatic N) is 1. The van der Waals surface area contributed by atoms with Crippen LogP contribution in [0.4, 0.5) is 0 Å². The number of ether oxygens (including phenoxy) is 2. The maximum atomic E-state index is 10.5. The van der Waals surface area contributed by atoms with Gasteiger partial charge in [0.2, 0.25) is 0 Å². The Labute approximate surface area is 191 Å². The second-order valence-corrected chi connectivity index (χ2v) is 8.72. The summed E-state index contributed by atoms with van der Waals surface area (Å²) < 4.78 is 16.9. The molecule has 0 spiro atoms. The lowest BCUT2D eigenvalue weighted by atomic mass is 9.74. The molecule has 0 saturated heterocycles. The zero-order chi connectivity index (χ0) is 23.7. The maximum Gasteiger partial charge on any atom is 0.455 e. The number of pyridine rings is 1. The number of aliphatic hydroxyl groups is 2. The summed E-state index contributed by atoms with van der Waals surface area (Å²) in [6.45, 7) is 7.80. The van der Waals surface area contributed by atoms with E-state index in [2.05, 4.69) is 4.98 Å². The van der Waals surface area contributed by atoms with Crippen LogP contribution >= 0.6 is 0 Å². The number of benzene rings is 1. The van der Waals surface area contributed by atoms with Crippen LogP contribution in [0.5, 0.6) is 11.5 Å². The Hall–Kier alpha value is -2.13. The zero-order valence-electron chi connectivity index (χ0n) is 19.7. The third-order valence-corrected chi connectivity index (χ3v) is 5.14. The zero-order valence-corrected chi connectivity index (χ0v) is 19.7. The van der Waals surface area contributed by atoms with Crippen molar-refractivity contribution in [1.29, 1.82) is 0 Å². The van der Waals surface area contributed by atoms with Crippen molar-refractivity contribution >= 4 is 7.12 Å². The summed E-state index contributed by atoms with van der Waals surface area (Å²) in [5.74, 6) is 0.980. The van der Waals surface area contributed by atoms with Crippen LogP contribution in [-0.4, -0.2) is 59.4 Å². The van der Waals surface area contributed by atoms with Gasteiger partial charge in [0.25, 0.3) is 0 Å². The Balaban J connectivity index is 2.20. The fourth-order valence-electron chi connectivity index (χ4n) is 3.76. The van der Waals surface area contributed by atoms with Gasteiger partial charge in [-0.3, -0.25) is 4.98 Å². The van der Waals surface area contributed by atoms with Crippen LogP contribution in [0.15, 0.2) is 36.7 Å². The van der Waals surface area contributed by atoms with Crippen molar-refractivity contribution in [3.8, 4) is 22.6 Å². The summed E-state index contributed by atoms with van der Waals surface area (Å²) in [5.41, 5.74) is 1.89. The molecule has 0 aliphatic heterocycles. The lowest BCUT2D eigenvalue weighted by molar-refractivity contribution is 0.0285. The van der Waals surface area contributed by atoms with E-state index in [1.54, 1.807) is 26.4 Å². The van der Waals surface area contributed by atoms with E-state index in [0.29, 0.717) is 24.5 Å². The smallest absolute Gasteiger partial charge is 0.455 e. The normalized spacial score (nSPS) is 13.5. The first kappa shape index (κ1) is 26.1. The van der Waals surface area contributed by atoms with E-state index in [0.717, 1.165) is 23.1 Å². The predicted molar refractivity (Wildman–Crippen MR) is 126 cm³/mol. The maximum absolute atomic E-state index is 10.5. The van der Waals surface area contributed by atoms with Crippen molar-refractivity contribution in [2.45, 2.75) is 64.5 Å². The number of methoxy groups -OCH3 is 1. The van der Waals surface area contributed by atoms with Crippen LogP contribution in [-0.2, 0) is 4.65 Å². The van der Waals surface area contributed by atoms with Gasteiger partial charge < -0.3 is 29.4 Å². The van der Waals surface area contributed by atoms with Gasteiger partial charge in [-0.2, -0.15) is 0 Å². The minimum Gasteiger partial charge on any atom is -0.493 e. The molecule has 0 radical (unpaired) electrons. The highest BCUT2D eigenvalue weighted by atomic mass is 16.5. The van der Waals surface area contributed by atoms with Crippen LogP contribution in [0.25, 0.3) is 11.1 Å². The molecule has 2 atom stereocenters. The summed E-state index contributed by atoms with van der Waals surface area (Å²) in [7, 11) is 0.525. The van der Waals surface area contributed by atoms with Crippen LogP contribution in [0.3, 0.4) is 0 Å². The van der Waals surface area contributed by atoms with E-state index in [1.807, 2.05) is 45.0 Å². The molecule has 8 heteroatoms. The van der Waals surface area contributed by atoms with Gasteiger partial charge in [0.1, 0.15) is 0 Å². The summed E-state index contributed by atoms with van der Waals surface area (Å²) in [4.78, 5) is 4.35. The summed E-state index contributed by atoms with van der Waals surface area (Å²) in [5, 5.41) is 30.0. The Bertz CT molecular complexity index is 845. The van der Waals surface area contributed by atoms with Crippen LogP contribution in [0.2, 0.25) is 6.32 Å². The molecule has 0 aliphatic rings. The monoisotopic (exact) mass is 445 g/mol. The van der Waals surface area contributed by atoms with E-state index in [9.17, 15) is 15.2 Å². The van der Waals surface area contributed by atoms with Crippen molar-refractivity contribution in [1.82, 2.24) is 4.98 Å². The van der Waals surface area contributed by atoms with Crippen molar-refractivity contribution in [3.05, 3.63) is 42.2 Å². The second kappa shape index (κ2) is 12.2. The largest absolute Gasteiger partial charge is 0.493 e. The van der Waals surface area contributed by atoms with Crippen LogP contribution in [0.1, 0.15) is 52.0 Å². The number of aromatic nitrogens is 1. The highest BCUT2D eigenvalue weighted by Crippen LogP contribution is 2.34. The molecule has 7 nitrogen and oxygen atoms in total. The first-order valence-electron chi connectivity index (χ1n) is 11.1. The summed E-state index contributed by atoms with van der Waals surface area (Å²) in [6, 6.07) is 7.66. The van der Waals surface area contributed by atoms with E-state index in [-0.39, 0.29) is 18.8 Å². The molecule has 2 aromatic rings. The standard InChI is InChI=1S/C24H36BNO6/c1-6-9-31-23-11-18(7-8-22(23)30-5)19-10-20(15-26-14-19)21(16-27)13-25(29)32-24(3,4)12-17(2)28/h7-8,10-11,14-15,17,21,27-29H,6,9,12-13,16H2,1-5H3/t17-,21+/m1/s1. The van der Waals surface area contributed by atoms with E-state index in [4.69, 9.17) is 14.1 Å². The molecule has 1 heterocycles. The third kappa shape index (κ3) is 7.78. The molecule has 0 fully saturated rings. The van der Waals surface area contributed by atoms with Crippen LogP contribution < -0.4 is 9.47 Å². The molecule has 3 N–H and O–H groups in total. The van der Waals surface area contributed by atoms with E-state index in [1.165, 1.54) is 0 Å². The van der Waals surface area contributed by atoms with Gasteiger partial charge >= 0.3 is 7.12 Å². The van der Waals surface area contributed by atoms with Gasteiger partial charge in [-0.15, -0.1) is 0 Å². The lowest BCUT2D eigenvalue weighted by Crippen LogP contribution is -2.37. The van der Waals surface area contributed by atoms with Gasteiger partial charge in [-0.05, 0) is 62.8 Å². The number of rotatable bonds is 13. The van der Waals surface area contributed by atoms with Gasteiger partial charge in [-0.25, -0.2) is 0 Å². The topological polar surface area (TPSA) is 101 Å². The Morgan fingerprint density at radius 3 is 2.50 bits per heavy atom. The minimum absolute atomic E-state index is 0.157. The molecule has 32 heavy (non-hydrogen) atoms. The van der Waals surface area contributed by atoms with Crippen molar-refractivity contribution in [3.63, 3.8) is 0 Å². The third-order valence-electron chi connectivity index (χ3n) is 5.14. The SMILES string of the molecule is CCCOc1cc(-c2cncc([C@H](CO)CB(O)OC(C)(C)C[C@@H](C)O)c2)ccc1OC. The van der Waals surface area contributed by atoms with E-state index >= 15 is 0 Å². The lowest BCUT2D eigenvalue weighted by Gasteiger charge is -2.29. The molecule has 1 aromatic heterocycles. The summed E-state index contributed by atoms with van der Waals surface area (Å²) in [6.07, 6.45) is 4.39. The average Bonchev–Trinajstić information content (AvgIpc) is 2.74. The Kier molecular flexibility index (Phi) is 9.97. The molecule has 0 aliphatic carbocycles. The highest BCUT2D eigenvalue weighted by molar-refractivity contribution is 6.43. The summed E-state index contributed by atoms with van der Waals surface area (Å²) >= 11 is 0. The van der Waals surface area contributed by atoms with Gasteiger partial charge in [0.05, 0.1) is 25.4 Å². The first-order valence-corrected chi connectivity index (χ1v) is 11.1. The molecule has 176 valence electrons. The van der Waals surface area contributed by atoms with Crippen molar-refractivity contribution in [2.24, 2.45) is 0 Å². The van der Waals surface area contributed by atoms with Crippen LogP contribution in [0, 0.1) is 0 Å². The van der Waals surface area contributed by atoms with Gasteiger partial charge in [0, 0.05) is 36.9 Å². The Morgan fingerprint density at radius 2 is 1.88 bits per heavy atom. The quantitative estimate of drug-likeness (QED) is 0.405. The van der Waals surface area contributed by atoms with Gasteiger partial charge in [-0.1, -0.05) is 13.0 Å².